The van der Waals surface area contributed by atoms with Gasteiger partial charge < -0.3 is 9.64 Å². The van der Waals surface area contributed by atoms with E-state index in [-0.39, 0.29) is 0 Å². The highest BCUT2D eigenvalue weighted by Crippen LogP contribution is 2.66. The van der Waals surface area contributed by atoms with E-state index in [9.17, 15) is 0 Å². The molecule has 16 rings (SSSR count). The number of nitrogens with zero attached hydrogens (tertiary/aromatic N) is 1. The Morgan fingerprint density at radius 3 is 1.47 bits per heavy atom. The molecule has 0 aromatic heterocycles. The Balaban J connectivity index is 0.956. The molecule has 0 bridgehead atoms. The lowest BCUT2D eigenvalue weighted by atomic mass is 9.66. The number of anilines is 3. The average Bonchev–Trinajstić information content (AvgIpc) is 4.13. The molecule has 0 saturated carbocycles. The molecular formula is C72H45NOS. The number of benzene rings is 12. The molecule has 0 radical (unpaired) electrons. The normalized spacial score (nSPS) is 14.1. The van der Waals surface area contributed by atoms with Crippen molar-refractivity contribution in [2.75, 3.05) is 4.90 Å². The lowest BCUT2D eigenvalue weighted by Crippen LogP contribution is -2.32. The van der Waals surface area contributed by atoms with Gasteiger partial charge >= 0.3 is 0 Å². The van der Waals surface area contributed by atoms with E-state index in [0.29, 0.717) is 0 Å². The van der Waals surface area contributed by atoms with Crippen molar-refractivity contribution in [1.82, 2.24) is 0 Å². The van der Waals surface area contributed by atoms with Gasteiger partial charge in [-0.25, -0.2) is 0 Å². The fraction of sp³-hybridized carbons (Fsp3) is 0.0278. The Kier molecular flexibility index (Phi) is 9.14. The van der Waals surface area contributed by atoms with Crippen molar-refractivity contribution in [2.24, 2.45) is 0 Å². The maximum absolute atomic E-state index is 6.77. The van der Waals surface area contributed by atoms with Crippen LogP contribution in [0.1, 0.15) is 44.5 Å². The summed E-state index contributed by atoms with van der Waals surface area (Å²) in [6.45, 7) is 0. The van der Waals surface area contributed by atoms with Crippen molar-refractivity contribution in [2.45, 2.75) is 20.6 Å². The topological polar surface area (TPSA) is 12.5 Å². The highest BCUT2D eigenvalue weighted by molar-refractivity contribution is 7.99. The molecular weight excluding hydrogens is 927 g/mol. The van der Waals surface area contributed by atoms with Crippen molar-refractivity contribution in [3.8, 4) is 56.0 Å². The van der Waals surface area contributed by atoms with Crippen LogP contribution in [0, 0.1) is 0 Å². The molecule has 75 heavy (non-hydrogen) atoms. The lowest BCUT2D eigenvalue weighted by molar-refractivity contribution is 0.436. The van der Waals surface area contributed by atoms with Gasteiger partial charge in [0.15, 0.2) is 0 Å². The van der Waals surface area contributed by atoms with Crippen molar-refractivity contribution >= 4 is 39.6 Å². The highest BCUT2D eigenvalue weighted by atomic mass is 32.2. The molecule has 3 heteroatoms. The first-order chi connectivity index (χ1) is 37.2. The first-order valence-electron chi connectivity index (χ1n) is 25.9. The molecule has 0 N–H and O–H groups in total. The van der Waals surface area contributed by atoms with E-state index in [1.54, 1.807) is 0 Å². The van der Waals surface area contributed by atoms with E-state index >= 15 is 0 Å². The van der Waals surface area contributed by atoms with Gasteiger partial charge in [-0.3, -0.25) is 0 Å². The predicted octanol–water partition coefficient (Wildman–Crippen LogP) is 18.9. The van der Waals surface area contributed by atoms with Crippen LogP contribution < -0.4 is 9.64 Å². The third-order valence-corrected chi connectivity index (χ3v) is 17.8. The molecule has 2 aliphatic heterocycles. The van der Waals surface area contributed by atoms with Crippen LogP contribution >= 0.6 is 11.8 Å². The minimum atomic E-state index is -0.617. The highest BCUT2D eigenvalue weighted by Gasteiger charge is 2.53. The first kappa shape index (κ1) is 42.4. The number of fused-ring (bicyclic) bond motifs is 20. The quantitative estimate of drug-likeness (QED) is 0.171. The Morgan fingerprint density at radius 1 is 0.307 bits per heavy atom. The molecule has 0 unspecified atom stereocenters. The second-order valence-electron chi connectivity index (χ2n) is 20.2. The van der Waals surface area contributed by atoms with Crippen LogP contribution in [0.4, 0.5) is 17.1 Å². The van der Waals surface area contributed by atoms with Crippen molar-refractivity contribution < 1.29 is 4.74 Å². The molecule has 350 valence electrons. The summed E-state index contributed by atoms with van der Waals surface area (Å²) < 4.78 is 6.77. The zero-order valence-corrected chi connectivity index (χ0v) is 41.6. The summed E-state index contributed by atoms with van der Waals surface area (Å²) in [5.74, 6) is 1.77. The molecule has 2 nitrogen and oxygen atoms in total. The van der Waals surface area contributed by atoms with Gasteiger partial charge in [0.1, 0.15) is 11.5 Å². The van der Waals surface area contributed by atoms with Crippen molar-refractivity contribution in [3.05, 3.63) is 317 Å². The minimum Gasteiger partial charge on any atom is -0.457 e. The van der Waals surface area contributed by atoms with E-state index in [1.807, 2.05) is 11.8 Å². The molecule has 12 aromatic carbocycles. The van der Waals surface area contributed by atoms with Crippen LogP contribution in [0.3, 0.4) is 0 Å². The number of ether oxygens (including phenoxy) is 1. The van der Waals surface area contributed by atoms with Gasteiger partial charge in [0.25, 0.3) is 0 Å². The van der Waals surface area contributed by atoms with Gasteiger partial charge in [0.2, 0.25) is 0 Å². The zero-order chi connectivity index (χ0) is 49.2. The molecule has 2 aliphatic carbocycles. The minimum absolute atomic E-state index is 0.451. The maximum Gasteiger partial charge on any atom is 0.132 e. The molecule has 0 fully saturated rings. The van der Waals surface area contributed by atoms with E-state index < -0.39 is 10.8 Å². The predicted molar refractivity (Wildman–Crippen MR) is 308 cm³/mol. The van der Waals surface area contributed by atoms with Crippen LogP contribution in [0.2, 0.25) is 0 Å². The Bertz CT molecular complexity index is 4230. The molecule has 0 saturated heterocycles. The summed E-state index contributed by atoms with van der Waals surface area (Å²) in [4.78, 5) is 5.16. The molecule has 0 amide bonds. The van der Waals surface area contributed by atoms with Gasteiger partial charge in [-0.2, -0.15) is 0 Å². The maximum atomic E-state index is 6.77. The molecule has 2 spiro atoms. The second-order valence-corrected chi connectivity index (χ2v) is 21.3. The van der Waals surface area contributed by atoms with Crippen LogP contribution in [0.15, 0.2) is 283 Å². The smallest absolute Gasteiger partial charge is 0.132 e. The van der Waals surface area contributed by atoms with Gasteiger partial charge in [0, 0.05) is 37.7 Å². The van der Waals surface area contributed by atoms with E-state index in [4.69, 9.17) is 4.74 Å². The zero-order valence-electron chi connectivity index (χ0n) is 40.7. The molecule has 4 aliphatic rings. The summed E-state index contributed by atoms with van der Waals surface area (Å²) in [5.41, 5.74) is 22.1. The third kappa shape index (κ3) is 5.82. The van der Waals surface area contributed by atoms with Crippen molar-refractivity contribution in [3.63, 3.8) is 0 Å². The monoisotopic (exact) mass is 971 g/mol. The summed E-state index contributed by atoms with van der Waals surface area (Å²) in [6.07, 6.45) is 0. The summed E-state index contributed by atoms with van der Waals surface area (Å²) in [7, 11) is 0. The van der Waals surface area contributed by atoms with Crippen LogP contribution in [0.5, 0.6) is 11.5 Å². The van der Waals surface area contributed by atoms with Gasteiger partial charge in [-0.05, 0) is 126 Å². The van der Waals surface area contributed by atoms with E-state index in [1.165, 1.54) is 87.3 Å². The Labute approximate surface area is 440 Å². The molecule has 2 heterocycles. The van der Waals surface area contributed by atoms with Crippen molar-refractivity contribution in [1.29, 1.82) is 0 Å². The number of hydrogen-bond donors (Lipinski definition) is 0. The van der Waals surface area contributed by atoms with Gasteiger partial charge in [-0.15, -0.1) is 0 Å². The molecule has 12 aromatic rings. The third-order valence-electron chi connectivity index (χ3n) is 16.6. The molecule has 0 atom stereocenters. The number of para-hydroxylation sites is 3. The van der Waals surface area contributed by atoms with Crippen LogP contribution in [0.25, 0.3) is 55.3 Å². The standard InChI is InChI=1S/C72H45NOS/c1-2-19-46(20-3-1)47-37-39-48(40-38-47)51-21-6-13-31-63(51)73(64-32-18-30-61-70(64)54-23-5-8-25-56(54)71(61)57-26-9-14-33-65(57)74-66-34-15-10-27-58(66)71)50-42-43-52-49(45-50)41-44-62-69(52)53-22-4-7-24-55(53)72(62)59-28-11-16-35-67(59)75-68-36-17-12-29-60(68)72/h1-45H. The lowest BCUT2D eigenvalue weighted by Gasteiger charge is -2.39. The Morgan fingerprint density at radius 2 is 0.787 bits per heavy atom. The van der Waals surface area contributed by atoms with Gasteiger partial charge in [0.05, 0.1) is 22.2 Å². The number of rotatable bonds is 5. The Hall–Kier alpha value is -9.15. The number of hydrogen-bond acceptors (Lipinski definition) is 3. The average molecular weight is 972 g/mol. The fourth-order valence-electron chi connectivity index (χ4n) is 13.7. The van der Waals surface area contributed by atoms with E-state index in [2.05, 4.69) is 278 Å². The largest absolute Gasteiger partial charge is 0.457 e. The van der Waals surface area contributed by atoms with E-state index in [0.717, 1.165) is 50.8 Å². The second kappa shape index (κ2) is 16.2. The fourth-order valence-corrected chi connectivity index (χ4v) is 14.9. The first-order valence-corrected chi connectivity index (χ1v) is 26.7. The SMILES string of the molecule is c1ccc(-c2ccc(-c3ccccc3N(c3ccc4c5c(ccc4c3)C3(c4ccccc4Sc4ccccc43)c3ccccc3-5)c3cccc4c3-c3ccccc3C43c4ccccc4Oc4ccccc43)cc2)cc1. The summed E-state index contributed by atoms with van der Waals surface area (Å²) in [6, 6.07) is 101. The van der Waals surface area contributed by atoms with Crippen LogP contribution in [-0.2, 0) is 10.8 Å². The summed E-state index contributed by atoms with van der Waals surface area (Å²) in [5, 5.41) is 2.44. The van der Waals surface area contributed by atoms with Crippen LogP contribution in [-0.4, -0.2) is 0 Å². The van der Waals surface area contributed by atoms with Gasteiger partial charge in [-0.1, -0.05) is 236 Å². The summed E-state index contributed by atoms with van der Waals surface area (Å²) >= 11 is 1.89.